The molecule has 1 saturated heterocycles. The molecule has 0 saturated carbocycles. The van der Waals surface area contributed by atoms with Crippen molar-refractivity contribution in [1.82, 2.24) is 0 Å². The van der Waals surface area contributed by atoms with Crippen LogP contribution in [0, 0.1) is 0 Å². The Kier molecular flexibility index (Phi) is 5.43. The second kappa shape index (κ2) is 7.55. The van der Waals surface area contributed by atoms with E-state index >= 15 is 0 Å². The molecule has 0 atom stereocenters. The van der Waals surface area contributed by atoms with E-state index in [4.69, 9.17) is 11.6 Å². The lowest BCUT2D eigenvalue weighted by molar-refractivity contribution is -0.880. The van der Waals surface area contributed by atoms with E-state index < -0.39 is 0 Å². The Balaban J connectivity index is 1.82. The molecule has 0 radical (unpaired) electrons. The van der Waals surface area contributed by atoms with Gasteiger partial charge in [0.25, 0.3) is 5.91 Å². The maximum atomic E-state index is 12.5. The summed E-state index contributed by atoms with van der Waals surface area (Å²) in [5, 5.41) is 3.62. The summed E-state index contributed by atoms with van der Waals surface area (Å²) in [4.78, 5) is 16.4. The summed E-state index contributed by atoms with van der Waals surface area (Å²) in [5.41, 5.74) is 2.40. The Bertz CT molecular complexity index is 728. The SMILES string of the molecule is C[NH+]1CCN(c2ccc(Cl)cc2NC(=O)c2ccc(Br)cc2)CC1. The summed E-state index contributed by atoms with van der Waals surface area (Å²) >= 11 is 9.53. The number of nitrogens with one attached hydrogen (secondary N) is 2. The lowest BCUT2D eigenvalue weighted by Crippen LogP contribution is -3.12. The van der Waals surface area contributed by atoms with Gasteiger partial charge in [-0.05, 0) is 42.5 Å². The van der Waals surface area contributed by atoms with E-state index in [1.807, 2.05) is 30.3 Å². The third-order valence-corrected chi connectivity index (χ3v) is 5.03. The summed E-state index contributed by atoms with van der Waals surface area (Å²) < 4.78 is 0.947. The molecule has 24 heavy (non-hydrogen) atoms. The van der Waals surface area contributed by atoms with Gasteiger partial charge < -0.3 is 15.1 Å². The van der Waals surface area contributed by atoms with Crippen LogP contribution in [-0.2, 0) is 0 Å². The average Bonchev–Trinajstić information content (AvgIpc) is 2.57. The van der Waals surface area contributed by atoms with Gasteiger partial charge in [-0.15, -0.1) is 0 Å². The normalized spacial score (nSPS) is 15.4. The Hall–Kier alpha value is -1.56. The minimum atomic E-state index is -0.134. The Morgan fingerprint density at radius 3 is 2.50 bits per heavy atom. The highest BCUT2D eigenvalue weighted by atomic mass is 79.9. The first-order chi connectivity index (χ1) is 11.5. The van der Waals surface area contributed by atoms with Gasteiger partial charge in [0.2, 0.25) is 0 Å². The van der Waals surface area contributed by atoms with E-state index in [1.54, 1.807) is 12.1 Å². The van der Waals surface area contributed by atoms with Crippen molar-refractivity contribution < 1.29 is 9.69 Å². The Morgan fingerprint density at radius 1 is 1.17 bits per heavy atom. The predicted octanol–water partition coefficient (Wildman–Crippen LogP) is 2.69. The fourth-order valence-corrected chi connectivity index (χ4v) is 3.25. The number of hydrogen-bond donors (Lipinski definition) is 2. The van der Waals surface area contributed by atoms with Gasteiger partial charge in [-0.25, -0.2) is 0 Å². The highest BCUT2D eigenvalue weighted by Gasteiger charge is 2.20. The molecule has 1 aliphatic heterocycles. The highest BCUT2D eigenvalue weighted by Crippen LogP contribution is 2.29. The number of anilines is 2. The first-order valence-electron chi connectivity index (χ1n) is 7.95. The van der Waals surface area contributed by atoms with Crippen molar-refractivity contribution >= 4 is 44.8 Å². The fourth-order valence-electron chi connectivity index (χ4n) is 2.81. The van der Waals surface area contributed by atoms with E-state index in [-0.39, 0.29) is 5.91 Å². The van der Waals surface area contributed by atoms with E-state index in [2.05, 4.69) is 33.2 Å². The highest BCUT2D eigenvalue weighted by molar-refractivity contribution is 9.10. The third kappa shape index (κ3) is 4.09. The summed E-state index contributed by atoms with van der Waals surface area (Å²) in [7, 11) is 2.20. The second-order valence-corrected chi connectivity index (χ2v) is 7.42. The quantitative estimate of drug-likeness (QED) is 0.818. The molecule has 0 unspecified atom stereocenters. The van der Waals surface area contributed by atoms with Crippen LogP contribution in [0.25, 0.3) is 0 Å². The molecular weight excluding hydrogens is 390 g/mol. The van der Waals surface area contributed by atoms with Crippen molar-refractivity contribution in [3.63, 3.8) is 0 Å². The van der Waals surface area contributed by atoms with Gasteiger partial charge in [0.15, 0.2) is 0 Å². The van der Waals surface area contributed by atoms with Crippen LogP contribution in [-0.4, -0.2) is 39.1 Å². The van der Waals surface area contributed by atoms with Crippen molar-refractivity contribution in [3.8, 4) is 0 Å². The first-order valence-corrected chi connectivity index (χ1v) is 9.13. The van der Waals surface area contributed by atoms with Crippen molar-refractivity contribution in [2.75, 3.05) is 43.4 Å². The molecule has 1 aliphatic rings. The number of amides is 1. The predicted molar refractivity (Wildman–Crippen MR) is 102 cm³/mol. The molecule has 0 aliphatic carbocycles. The van der Waals surface area contributed by atoms with Crippen molar-refractivity contribution in [2.45, 2.75) is 0 Å². The van der Waals surface area contributed by atoms with Crippen LogP contribution in [0.5, 0.6) is 0 Å². The maximum Gasteiger partial charge on any atom is 0.255 e. The van der Waals surface area contributed by atoms with Gasteiger partial charge in [0, 0.05) is 15.1 Å². The smallest absolute Gasteiger partial charge is 0.255 e. The molecular formula is C18H20BrClN3O+. The lowest BCUT2D eigenvalue weighted by atomic mass is 10.2. The number of halogens is 2. The van der Waals surface area contributed by atoms with Gasteiger partial charge in [-0.2, -0.15) is 0 Å². The number of rotatable bonds is 3. The molecule has 3 rings (SSSR count). The number of carbonyl (C=O) groups excluding carboxylic acids is 1. The average molecular weight is 410 g/mol. The van der Waals surface area contributed by atoms with Gasteiger partial charge in [0.05, 0.1) is 44.6 Å². The van der Waals surface area contributed by atoms with Crippen LogP contribution < -0.4 is 15.1 Å². The Labute approximate surface area is 155 Å². The summed E-state index contributed by atoms with van der Waals surface area (Å²) in [6, 6.07) is 13.0. The molecule has 0 bridgehead atoms. The van der Waals surface area contributed by atoms with Crippen molar-refractivity contribution in [1.29, 1.82) is 0 Å². The van der Waals surface area contributed by atoms with E-state index in [0.717, 1.165) is 42.0 Å². The maximum absolute atomic E-state index is 12.5. The number of benzene rings is 2. The number of quaternary nitrogens is 1. The van der Waals surface area contributed by atoms with Crippen LogP contribution in [0.15, 0.2) is 46.9 Å². The molecule has 2 N–H and O–H groups in total. The number of likely N-dealkylation sites (N-methyl/N-ethyl adjacent to an activating group) is 1. The van der Waals surface area contributed by atoms with E-state index in [9.17, 15) is 4.79 Å². The van der Waals surface area contributed by atoms with E-state index in [1.165, 1.54) is 4.90 Å². The molecule has 4 nitrogen and oxygen atoms in total. The number of carbonyl (C=O) groups is 1. The molecule has 126 valence electrons. The largest absolute Gasteiger partial charge is 0.359 e. The van der Waals surface area contributed by atoms with Crippen LogP contribution in [0.3, 0.4) is 0 Å². The van der Waals surface area contributed by atoms with E-state index in [0.29, 0.717) is 10.6 Å². The Morgan fingerprint density at radius 2 is 1.83 bits per heavy atom. The first kappa shape index (κ1) is 17.3. The van der Waals surface area contributed by atoms with Crippen LogP contribution in [0.1, 0.15) is 10.4 Å². The zero-order valence-electron chi connectivity index (χ0n) is 13.5. The number of piperazine rings is 1. The molecule has 2 aromatic rings. The monoisotopic (exact) mass is 408 g/mol. The number of nitrogens with zero attached hydrogens (tertiary/aromatic N) is 1. The molecule has 1 heterocycles. The molecule has 0 aromatic heterocycles. The number of hydrogen-bond acceptors (Lipinski definition) is 2. The van der Waals surface area contributed by atoms with Crippen LogP contribution in [0.4, 0.5) is 11.4 Å². The van der Waals surface area contributed by atoms with Gasteiger partial charge >= 0.3 is 0 Å². The van der Waals surface area contributed by atoms with Gasteiger partial charge in [-0.3, -0.25) is 4.79 Å². The molecule has 6 heteroatoms. The summed E-state index contributed by atoms with van der Waals surface area (Å²) in [6.45, 7) is 4.11. The summed E-state index contributed by atoms with van der Waals surface area (Å²) in [5.74, 6) is -0.134. The topological polar surface area (TPSA) is 36.8 Å². The molecule has 0 spiro atoms. The van der Waals surface area contributed by atoms with Gasteiger partial charge in [0.1, 0.15) is 0 Å². The zero-order chi connectivity index (χ0) is 17.1. The minimum absolute atomic E-state index is 0.134. The van der Waals surface area contributed by atoms with Crippen LogP contribution in [0.2, 0.25) is 5.02 Å². The zero-order valence-corrected chi connectivity index (χ0v) is 15.8. The molecule has 1 fully saturated rings. The second-order valence-electron chi connectivity index (χ2n) is 6.07. The van der Waals surface area contributed by atoms with Crippen molar-refractivity contribution in [3.05, 3.63) is 57.5 Å². The minimum Gasteiger partial charge on any atom is -0.359 e. The van der Waals surface area contributed by atoms with Crippen LogP contribution >= 0.6 is 27.5 Å². The lowest BCUT2D eigenvalue weighted by Gasteiger charge is -2.33. The standard InChI is InChI=1S/C18H19BrClN3O/c1-22-8-10-23(11-9-22)17-7-6-15(20)12-16(17)21-18(24)13-2-4-14(19)5-3-13/h2-7,12H,8-11H2,1H3,(H,21,24)/p+1. The van der Waals surface area contributed by atoms with Gasteiger partial charge in [-0.1, -0.05) is 27.5 Å². The molecule has 1 amide bonds. The summed E-state index contributed by atoms with van der Waals surface area (Å²) in [6.07, 6.45) is 0. The fraction of sp³-hybridized carbons (Fsp3) is 0.278. The third-order valence-electron chi connectivity index (χ3n) is 4.27. The van der Waals surface area contributed by atoms with Crippen molar-refractivity contribution in [2.24, 2.45) is 0 Å². The molecule has 2 aromatic carbocycles.